The van der Waals surface area contributed by atoms with E-state index in [1.807, 2.05) is 13.0 Å². The zero-order valence-corrected chi connectivity index (χ0v) is 15.7. The highest BCUT2D eigenvalue weighted by atomic mass is 16.1. The fourth-order valence-corrected chi connectivity index (χ4v) is 7.65. The third-order valence-corrected chi connectivity index (χ3v) is 8.77. The zero-order valence-electron chi connectivity index (χ0n) is 15.7. The van der Waals surface area contributed by atoms with Gasteiger partial charge in [0.25, 0.3) is 0 Å². The first-order valence-electron chi connectivity index (χ1n) is 10.0. The summed E-state index contributed by atoms with van der Waals surface area (Å²) in [4.78, 5) is 24.2. The Morgan fingerprint density at radius 2 is 1.88 bits per heavy atom. The number of ketones is 2. The van der Waals surface area contributed by atoms with E-state index < -0.39 is 0 Å². The number of Topliss-reactive ketones (excluding diaryl/α,β-unsaturated/α-hetero) is 1. The molecule has 4 rings (SSSR count). The molecule has 0 saturated heterocycles. The molecule has 0 heterocycles. The van der Waals surface area contributed by atoms with Crippen molar-refractivity contribution in [3.8, 4) is 0 Å². The monoisotopic (exact) mass is 328 g/mol. The number of rotatable bonds is 1. The number of allylic oxidation sites excluding steroid dienone is 1. The van der Waals surface area contributed by atoms with Gasteiger partial charge < -0.3 is 0 Å². The van der Waals surface area contributed by atoms with Crippen molar-refractivity contribution in [2.24, 2.45) is 40.4 Å². The van der Waals surface area contributed by atoms with Crippen LogP contribution in [0.5, 0.6) is 0 Å². The molecule has 132 valence electrons. The molecule has 3 fully saturated rings. The van der Waals surface area contributed by atoms with Crippen LogP contribution in [-0.2, 0) is 9.59 Å². The average molecular weight is 328 g/mol. The molecule has 0 amide bonds. The summed E-state index contributed by atoms with van der Waals surface area (Å²) in [6, 6.07) is 0. The van der Waals surface area contributed by atoms with E-state index in [-0.39, 0.29) is 16.7 Å². The van der Waals surface area contributed by atoms with Gasteiger partial charge in [-0.1, -0.05) is 26.3 Å². The van der Waals surface area contributed by atoms with Crippen molar-refractivity contribution in [1.82, 2.24) is 0 Å². The number of carbonyl (C=O) groups is 2. The molecule has 0 aromatic heterocycles. The Kier molecular flexibility index (Phi) is 3.64. The van der Waals surface area contributed by atoms with Crippen LogP contribution in [0.3, 0.4) is 0 Å². The van der Waals surface area contributed by atoms with E-state index in [0.717, 1.165) is 31.1 Å². The van der Waals surface area contributed by atoms with Gasteiger partial charge in [0.1, 0.15) is 5.78 Å². The fourth-order valence-electron chi connectivity index (χ4n) is 7.65. The van der Waals surface area contributed by atoms with Gasteiger partial charge >= 0.3 is 0 Å². The van der Waals surface area contributed by atoms with Gasteiger partial charge in [0, 0.05) is 12.3 Å². The first-order chi connectivity index (χ1) is 11.3. The highest BCUT2D eigenvalue weighted by molar-refractivity contribution is 5.91. The molecule has 4 aliphatic carbocycles. The van der Waals surface area contributed by atoms with E-state index in [0.29, 0.717) is 23.4 Å². The lowest BCUT2D eigenvalue weighted by Gasteiger charge is -2.59. The van der Waals surface area contributed by atoms with E-state index in [2.05, 4.69) is 20.8 Å². The molecule has 0 N–H and O–H groups in total. The largest absolute Gasteiger partial charge is 0.300 e. The summed E-state index contributed by atoms with van der Waals surface area (Å²) in [6.45, 7) is 9.00. The normalized spacial score (nSPS) is 50.6. The lowest BCUT2D eigenvalue weighted by Crippen LogP contribution is -2.52. The molecule has 0 spiro atoms. The molecule has 0 bridgehead atoms. The standard InChI is InChI=1S/C22H32O2/c1-13-11-16-18-6-5-17(14(2)23)21(18,3)10-8-19(16)22(4)9-7-15(24)12-20(13)22/h12-13,16-19H,5-11H2,1-4H3/t13-,16?,17?,18?,19-,21?,22?/m0/s1. The Morgan fingerprint density at radius 1 is 1.12 bits per heavy atom. The van der Waals surface area contributed by atoms with Crippen LogP contribution in [0.4, 0.5) is 0 Å². The Balaban J connectivity index is 1.71. The minimum absolute atomic E-state index is 0.228. The van der Waals surface area contributed by atoms with Crippen molar-refractivity contribution < 1.29 is 9.59 Å². The van der Waals surface area contributed by atoms with Gasteiger partial charge in [-0.25, -0.2) is 0 Å². The van der Waals surface area contributed by atoms with E-state index in [1.165, 1.54) is 31.3 Å². The topological polar surface area (TPSA) is 34.1 Å². The molecule has 3 saturated carbocycles. The summed E-state index contributed by atoms with van der Waals surface area (Å²) in [7, 11) is 0. The van der Waals surface area contributed by atoms with Gasteiger partial charge in [0.15, 0.2) is 5.78 Å². The van der Waals surface area contributed by atoms with Gasteiger partial charge in [-0.05, 0) is 86.0 Å². The maximum absolute atomic E-state index is 12.2. The lowest BCUT2D eigenvalue weighted by atomic mass is 9.45. The van der Waals surface area contributed by atoms with Crippen LogP contribution >= 0.6 is 0 Å². The van der Waals surface area contributed by atoms with E-state index in [4.69, 9.17) is 0 Å². The van der Waals surface area contributed by atoms with E-state index >= 15 is 0 Å². The number of carbonyl (C=O) groups excluding carboxylic acids is 2. The molecule has 2 nitrogen and oxygen atoms in total. The molecule has 2 heteroatoms. The van der Waals surface area contributed by atoms with E-state index in [1.54, 1.807) is 0 Å². The smallest absolute Gasteiger partial charge is 0.155 e. The summed E-state index contributed by atoms with van der Waals surface area (Å²) in [5.74, 6) is 3.75. The van der Waals surface area contributed by atoms with Crippen molar-refractivity contribution in [2.45, 2.75) is 72.6 Å². The molecule has 0 radical (unpaired) electrons. The molecular formula is C22H32O2. The summed E-state index contributed by atoms with van der Waals surface area (Å²) < 4.78 is 0. The predicted molar refractivity (Wildman–Crippen MR) is 95.4 cm³/mol. The van der Waals surface area contributed by atoms with Crippen molar-refractivity contribution in [3.05, 3.63) is 11.6 Å². The Morgan fingerprint density at radius 3 is 2.58 bits per heavy atom. The van der Waals surface area contributed by atoms with E-state index in [9.17, 15) is 9.59 Å². The third kappa shape index (κ3) is 2.07. The second-order valence-corrected chi connectivity index (χ2v) is 9.78. The van der Waals surface area contributed by atoms with Crippen LogP contribution in [-0.4, -0.2) is 11.6 Å². The maximum Gasteiger partial charge on any atom is 0.155 e. The number of hydrogen-bond acceptors (Lipinski definition) is 2. The van der Waals surface area contributed by atoms with Crippen LogP contribution < -0.4 is 0 Å². The molecule has 0 aromatic rings. The maximum atomic E-state index is 12.2. The molecule has 24 heavy (non-hydrogen) atoms. The van der Waals surface area contributed by atoms with Crippen LogP contribution in [0.25, 0.3) is 0 Å². The van der Waals surface area contributed by atoms with Crippen LogP contribution in [0.1, 0.15) is 72.6 Å². The lowest BCUT2D eigenvalue weighted by molar-refractivity contribution is -0.129. The third-order valence-electron chi connectivity index (χ3n) is 8.77. The fraction of sp³-hybridized carbons (Fsp3) is 0.818. The molecule has 0 aliphatic heterocycles. The highest BCUT2D eigenvalue weighted by Gasteiger charge is 2.60. The van der Waals surface area contributed by atoms with Crippen LogP contribution in [0, 0.1) is 40.4 Å². The highest BCUT2D eigenvalue weighted by Crippen LogP contribution is 2.67. The first-order valence-corrected chi connectivity index (χ1v) is 10.0. The molecule has 4 aliphatic rings. The number of hydrogen-bond donors (Lipinski definition) is 0. The molecule has 7 atom stereocenters. The number of fused-ring (bicyclic) bond motifs is 5. The van der Waals surface area contributed by atoms with Crippen LogP contribution in [0.2, 0.25) is 0 Å². The molecule has 5 unspecified atom stereocenters. The second-order valence-electron chi connectivity index (χ2n) is 9.78. The second kappa shape index (κ2) is 5.29. The summed E-state index contributed by atoms with van der Waals surface area (Å²) in [5.41, 5.74) is 1.91. The molecular weight excluding hydrogens is 296 g/mol. The Labute approximate surface area is 146 Å². The average Bonchev–Trinajstić information content (AvgIpc) is 2.87. The van der Waals surface area contributed by atoms with Crippen molar-refractivity contribution in [2.75, 3.05) is 0 Å². The van der Waals surface area contributed by atoms with Crippen molar-refractivity contribution in [1.29, 1.82) is 0 Å². The van der Waals surface area contributed by atoms with Crippen LogP contribution in [0.15, 0.2) is 11.6 Å². The van der Waals surface area contributed by atoms with Gasteiger partial charge in [0.05, 0.1) is 0 Å². The van der Waals surface area contributed by atoms with Gasteiger partial charge in [-0.15, -0.1) is 0 Å². The SMILES string of the molecule is CC(=O)C1CCC2C3C[C@H](C)C4=CC(=O)CCC4(C)[C@H]3CCC12C. The molecule has 0 aromatic carbocycles. The van der Waals surface area contributed by atoms with Gasteiger partial charge in [-0.3, -0.25) is 9.59 Å². The summed E-state index contributed by atoms with van der Waals surface area (Å²) in [6.07, 6.45) is 9.80. The predicted octanol–water partition coefficient (Wildman–Crippen LogP) is 4.97. The van der Waals surface area contributed by atoms with Crippen molar-refractivity contribution >= 4 is 11.6 Å². The van der Waals surface area contributed by atoms with Gasteiger partial charge in [0.2, 0.25) is 0 Å². The minimum atomic E-state index is 0.228. The summed E-state index contributed by atoms with van der Waals surface area (Å²) in [5, 5.41) is 0. The van der Waals surface area contributed by atoms with Gasteiger partial charge in [-0.2, -0.15) is 0 Å². The Hall–Kier alpha value is -0.920. The Bertz CT molecular complexity index is 617. The summed E-state index contributed by atoms with van der Waals surface area (Å²) >= 11 is 0. The quantitative estimate of drug-likeness (QED) is 0.681. The minimum Gasteiger partial charge on any atom is -0.300 e. The first kappa shape index (κ1) is 16.5. The zero-order chi connectivity index (χ0) is 17.3. The van der Waals surface area contributed by atoms with Crippen molar-refractivity contribution in [3.63, 3.8) is 0 Å².